The van der Waals surface area contributed by atoms with Gasteiger partial charge in [0.1, 0.15) is 0 Å². The van der Waals surface area contributed by atoms with Crippen LogP contribution in [0.1, 0.15) is 32.9 Å². The van der Waals surface area contributed by atoms with E-state index in [1.807, 2.05) is 0 Å². The summed E-state index contributed by atoms with van der Waals surface area (Å²) in [5.74, 6) is 0. The monoisotopic (exact) mass is 276 g/mol. The van der Waals surface area contributed by atoms with Crippen LogP contribution in [0.5, 0.6) is 0 Å². The van der Waals surface area contributed by atoms with Crippen molar-refractivity contribution in [2.75, 3.05) is 5.32 Å². The summed E-state index contributed by atoms with van der Waals surface area (Å²) >= 11 is 5.24. The standard InChI is InChI=1S/C10H17BrN2S/c1-4-9-6-14-10(13-9)12-8(3)5-7(2)11/h6-8H,4-5H2,1-3H3,(H,12,13). The van der Waals surface area contributed by atoms with Crippen LogP contribution in [0.4, 0.5) is 5.13 Å². The van der Waals surface area contributed by atoms with E-state index in [1.54, 1.807) is 11.3 Å². The van der Waals surface area contributed by atoms with Gasteiger partial charge >= 0.3 is 0 Å². The number of aromatic nitrogens is 1. The third-order valence-electron chi connectivity index (χ3n) is 1.96. The molecule has 1 aromatic rings. The van der Waals surface area contributed by atoms with Gasteiger partial charge in [-0.15, -0.1) is 11.3 Å². The van der Waals surface area contributed by atoms with Crippen LogP contribution in [0.15, 0.2) is 5.38 Å². The lowest BCUT2D eigenvalue weighted by molar-refractivity contribution is 0.707. The van der Waals surface area contributed by atoms with Gasteiger partial charge in [0.25, 0.3) is 0 Å². The van der Waals surface area contributed by atoms with E-state index in [0.29, 0.717) is 10.9 Å². The Morgan fingerprint density at radius 3 is 2.79 bits per heavy atom. The first-order valence-electron chi connectivity index (χ1n) is 4.96. The summed E-state index contributed by atoms with van der Waals surface area (Å²) in [4.78, 5) is 5.02. The summed E-state index contributed by atoms with van der Waals surface area (Å²) in [7, 11) is 0. The number of alkyl halides is 1. The van der Waals surface area contributed by atoms with Gasteiger partial charge in [-0.3, -0.25) is 0 Å². The average molecular weight is 277 g/mol. The second-order valence-corrected chi connectivity index (χ2v) is 5.98. The van der Waals surface area contributed by atoms with Crippen molar-refractivity contribution in [1.29, 1.82) is 0 Å². The summed E-state index contributed by atoms with van der Waals surface area (Å²) in [6, 6.07) is 0.472. The van der Waals surface area contributed by atoms with Gasteiger partial charge in [0, 0.05) is 16.2 Å². The van der Waals surface area contributed by atoms with Gasteiger partial charge in [-0.1, -0.05) is 29.8 Å². The number of rotatable bonds is 5. The molecule has 0 aliphatic heterocycles. The molecular formula is C10H17BrN2S. The van der Waals surface area contributed by atoms with Crippen molar-refractivity contribution in [3.05, 3.63) is 11.1 Å². The Morgan fingerprint density at radius 1 is 1.57 bits per heavy atom. The molecule has 1 heterocycles. The molecule has 0 fully saturated rings. The molecule has 4 heteroatoms. The number of halogens is 1. The molecule has 0 spiro atoms. The Morgan fingerprint density at radius 2 is 2.29 bits per heavy atom. The summed E-state index contributed by atoms with van der Waals surface area (Å²) in [6.45, 7) is 6.48. The topological polar surface area (TPSA) is 24.9 Å². The first-order valence-corrected chi connectivity index (χ1v) is 6.76. The highest BCUT2D eigenvalue weighted by Gasteiger charge is 2.07. The molecule has 0 saturated carbocycles. The molecule has 1 rings (SSSR count). The Kier molecular flexibility index (Phi) is 4.89. The molecule has 0 saturated heterocycles. The van der Waals surface area contributed by atoms with Crippen molar-refractivity contribution in [3.63, 3.8) is 0 Å². The Labute approximate surface area is 98.3 Å². The Hall–Kier alpha value is -0.0900. The molecule has 0 radical (unpaired) electrons. The maximum atomic E-state index is 4.47. The van der Waals surface area contributed by atoms with E-state index in [-0.39, 0.29) is 0 Å². The van der Waals surface area contributed by atoms with Crippen LogP contribution in [0.3, 0.4) is 0 Å². The number of hydrogen-bond acceptors (Lipinski definition) is 3. The zero-order valence-electron chi connectivity index (χ0n) is 8.88. The molecule has 0 amide bonds. The summed E-state index contributed by atoms with van der Waals surface area (Å²) in [5.41, 5.74) is 1.18. The van der Waals surface area contributed by atoms with Crippen molar-refractivity contribution in [1.82, 2.24) is 4.98 Å². The number of thiazole rings is 1. The molecule has 0 aromatic carbocycles. The quantitative estimate of drug-likeness (QED) is 0.830. The van der Waals surface area contributed by atoms with Gasteiger partial charge in [0.15, 0.2) is 5.13 Å². The molecule has 2 atom stereocenters. The fraction of sp³-hybridized carbons (Fsp3) is 0.700. The van der Waals surface area contributed by atoms with E-state index in [2.05, 4.69) is 52.4 Å². The smallest absolute Gasteiger partial charge is 0.183 e. The molecule has 80 valence electrons. The van der Waals surface area contributed by atoms with Crippen molar-refractivity contribution < 1.29 is 0 Å². The first kappa shape index (κ1) is 12.0. The molecule has 2 unspecified atom stereocenters. The summed E-state index contributed by atoms with van der Waals surface area (Å²) in [6.07, 6.45) is 2.13. The van der Waals surface area contributed by atoms with Gasteiger partial charge in [0.2, 0.25) is 0 Å². The summed E-state index contributed by atoms with van der Waals surface area (Å²) in [5, 5.41) is 6.57. The largest absolute Gasteiger partial charge is 0.359 e. The van der Waals surface area contributed by atoms with Crippen LogP contribution >= 0.6 is 27.3 Å². The van der Waals surface area contributed by atoms with E-state index in [9.17, 15) is 0 Å². The maximum absolute atomic E-state index is 4.47. The number of hydrogen-bond donors (Lipinski definition) is 1. The second kappa shape index (κ2) is 5.71. The maximum Gasteiger partial charge on any atom is 0.183 e. The van der Waals surface area contributed by atoms with Crippen molar-refractivity contribution in [2.24, 2.45) is 0 Å². The second-order valence-electron chi connectivity index (χ2n) is 3.56. The fourth-order valence-corrected chi connectivity index (χ4v) is 2.76. The lowest BCUT2D eigenvalue weighted by Gasteiger charge is -2.13. The minimum Gasteiger partial charge on any atom is -0.359 e. The lowest BCUT2D eigenvalue weighted by atomic mass is 10.2. The minimum atomic E-state index is 0.472. The molecule has 2 nitrogen and oxygen atoms in total. The molecule has 0 bridgehead atoms. The van der Waals surface area contributed by atoms with Gasteiger partial charge in [0.05, 0.1) is 5.69 Å². The van der Waals surface area contributed by atoms with Gasteiger partial charge in [-0.2, -0.15) is 0 Å². The average Bonchev–Trinajstić information content (AvgIpc) is 2.50. The molecular weight excluding hydrogens is 260 g/mol. The highest BCUT2D eigenvalue weighted by Crippen LogP contribution is 2.18. The van der Waals surface area contributed by atoms with Crippen LogP contribution < -0.4 is 5.32 Å². The number of anilines is 1. The molecule has 14 heavy (non-hydrogen) atoms. The predicted octanol–water partition coefficient (Wildman–Crippen LogP) is 3.68. The molecule has 1 aromatic heterocycles. The van der Waals surface area contributed by atoms with E-state index < -0.39 is 0 Å². The van der Waals surface area contributed by atoms with Crippen molar-refractivity contribution in [2.45, 2.75) is 44.5 Å². The zero-order chi connectivity index (χ0) is 10.6. The van der Waals surface area contributed by atoms with Crippen molar-refractivity contribution in [3.8, 4) is 0 Å². The van der Waals surface area contributed by atoms with Gasteiger partial charge < -0.3 is 5.32 Å². The van der Waals surface area contributed by atoms with Crippen LogP contribution in [0.25, 0.3) is 0 Å². The van der Waals surface area contributed by atoms with E-state index >= 15 is 0 Å². The minimum absolute atomic E-state index is 0.472. The molecule has 0 aliphatic carbocycles. The number of nitrogens with zero attached hydrogens (tertiary/aromatic N) is 1. The lowest BCUT2D eigenvalue weighted by Crippen LogP contribution is -2.18. The first-order chi connectivity index (χ1) is 6.61. The number of nitrogens with one attached hydrogen (secondary N) is 1. The Balaban J connectivity index is 2.43. The normalized spacial score (nSPS) is 15.1. The fourth-order valence-electron chi connectivity index (χ4n) is 1.29. The van der Waals surface area contributed by atoms with Crippen LogP contribution in [0.2, 0.25) is 0 Å². The van der Waals surface area contributed by atoms with E-state index in [1.165, 1.54) is 5.69 Å². The third-order valence-corrected chi connectivity index (χ3v) is 3.16. The van der Waals surface area contributed by atoms with Crippen LogP contribution in [0, 0.1) is 0 Å². The van der Waals surface area contributed by atoms with E-state index in [4.69, 9.17) is 0 Å². The van der Waals surface area contributed by atoms with Crippen LogP contribution in [-0.2, 0) is 6.42 Å². The van der Waals surface area contributed by atoms with Crippen molar-refractivity contribution >= 4 is 32.4 Å². The predicted molar refractivity (Wildman–Crippen MR) is 67.6 cm³/mol. The highest BCUT2D eigenvalue weighted by molar-refractivity contribution is 9.09. The van der Waals surface area contributed by atoms with E-state index in [0.717, 1.165) is 18.0 Å². The van der Waals surface area contributed by atoms with Crippen LogP contribution in [-0.4, -0.2) is 15.9 Å². The van der Waals surface area contributed by atoms with Gasteiger partial charge in [-0.25, -0.2) is 4.98 Å². The third kappa shape index (κ3) is 3.96. The zero-order valence-corrected chi connectivity index (χ0v) is 11.3. The van der Waals surface area contributed by atoms with Gasteiger partial charge in [-0.05, 0) is 19.8 Å². The SMILES string of the molecule is CCc1csc(NC(C)CC(C)Br)n1. The highest BCUT2D eigenvalue weighted by atomic mass is 79.9. The molecule has 0 aliphatic rings. The molecule has 1 N–H and O–H groups in total. The Bertz CT molecular complexity index is 273. The summed E-state index contributed by atoms with van der Waals surface area (Å²) < 4.78 is 0. The number of aryl methyl sites for hydroxylation is 1.